The van der Waals surface area contributed by atoms with Gasteiger partial charge in [0.25, 0.3) is 0 Å². The van der Waals surface area contributed by atoms with Crippen LogP contribution in [0.4, 0.5) is 0 Å². The lowest BCUT2D eigenvalue weighted by Gasteiger charge is -2.43. The van der Waals surface area contributed by atoms with E-state index in [0.717, 1.165) is 26.8 Å². The summed E-state index contributed by atoms with van der Waals surface area (Å²) in [6.07, 6.45) is 0.772. The summed E-state index contributed by atoms with van der Waals surface area (Å²) in [7, 11) is 0. The molecule has 32 heavy (non-hydrogen) atoms. The third-order valence-electron chi connectivity index (χ3n) is 7.73. The van der Waals surface area contributed by atoms with Crippen molar-refractivity contribution in [3.05, 3.63) is 49.4 Å². The number of thiazole rings is 1. The van der Waals surface area contributed by atoms with Gasteiger partial charge in [-0.2, -0.15) is 0 Å². The summed E-state index contributed by atoms with van der Waals surface area (Å²) in [4.78, 5) is 55.1. The molecule has 2 aliphatic heterocycles. The Balaban J connectivity index is 1.45. The van der Waals surface area contributed by atoms with Gasteiger partial charge in [-0.1, -0.05) is 35.1 Å². The molecule has 1 saturated heterocycles. The third kappa shape index (κ3) is 2.61. The molecule has 7 nitrogen and oxygen atoms in total. The van der Waals surface area contributed by atoms with E-state index in [2.05, 4.69) is 4.98 Å². The fraction of sp³-hybridized carbons (Fsp3) is 0.455. The van der Waals surface area contributed by atoms with Crippen LogP contribution in [0.5, 0.6) is 0 Å². The molecule has 1 aromatic heterocycles. The normalized spacial score (nSPS) is 35.6. The van der Waals surface area contributed by atoms with Crippen molar-refractivity contribution in [2.24, 2.45) is 29.6 Å². The van der Waals surface area contributed by atoms with Gasteiger partial charge in [0.05, 0.1) is 16.9 Å². The van der Waals surface area contributed by atoms with E-state index in [1.165, 1.54) is 18.3 Å². The number of fused-ring (bicyclic) bond motifs is 9. The van der Waals surface area contributed by atoms with Crippen LogP contribution in [0.1, 0.15) is 29.7 Å². The highest BCUT2D eigenvalue weighted by molar-refractivity contribution is 8.00. The largest absolute Gasteiger partial charge is 0.480 e. The van der Waals surface area contributed by atoms with Crippen LogP contribution in [0, 0.1) is 29.6 Å². The topological polar surface area (TPSA) is 108 Å². The third-order valence-corrected chi connectivity index (χ3v) is 10.6. The Hall–Kier alpha value is -2.10. The summed E-state index contributed by atoms with van der Waals surface area (Å²) in [6.45, 7) is 1.39. The molecule has 0 spiro atoms. The standard InChI is InChI=1S/C22H19ClN2O5S2/c1-7(21(28)29)25-19(26)14-10-6-11(15(14)20(25)27)16-13(10)12(8-2-4-9(23)5-3-8)17-18(31-16)24-22(30)32-17/h2-5,7,10-16H,6H2,1H3,(H,24,30)(H,28,29)/t7-,10-,11-,12-,13-,14+,15-,16+/m1/s1. The highest BCUT2D eigenvalue weighted by Gasteiger charge is 2.70. The molecule has 10 heteroatoms. The van der Waals surface area contributed by atoms with Crippen LogP contribution in [0.2, 0.25) is 5.02 Å². The number of hydrogen-bond donors (Lipinski definition) is 2. The maximum absolute atomic E-state index is 13.3. The zero-order valence-electron chi connectivity index (χ0n) is 16.9. The van der Waals surface area contributed by atoms with Crippen LogP contribution < -0.4 is 4.87 Å². The summed E-state index contributed by atoms with van der Waals surface area (Å²) in [6, 6.07) is 6.44. The van der Waals surface area contributed by atoms with E-state index in [4.69, 9.17) is 11.6 Å². The van der Waals surface area contributed by atoms with Gasteiger partial charge in [0.15, 0.2) is 0 Å². The number of aromatic amines is 1. The number of halogens is 1. The summed E-state index contributed by atoms with van der Waals surface area (Å²) < 4.78 is 0. The molecule has 3 heterocycles. The molecule has 6 rings (SSSR count). The Morgan fingerprint density at radius 3 is 2.47 bits per heavy atom. The second-order valence-corrected chi connectivity index (χ2v) is 11.7. The van der Waals surface area contributed by atoms with Gasteiger partial charge in [-0.15, -0.1) is 11.8 Å². The lowest BCUT2D eigenvalue weighted by Crippen LogP contribution is -2.44. The van der Waals surface area contributed by atoms with Gasteiger partial charge in [-0.25, -0.2) is 4.79 Å². The van der Waals surface area contributed by atoms with Gasteiger partial charge in [0, 0.05) is 21.1 Å². The molecule has 0 unspecified atom stereocenters. The summed E-state index contributed by atoms with van der Waals surface area (Å²) in [5.74, 6) is -2.87. The fourth-order valence-corrected chi connectivity index (χ4v) is 9.59. The van der Waals surface area contributed by atoms with Gasteiger partial charge in [-0.05, 0) is 48.8 Å². The average Bonchev–Trinajstić information content (AvgIpc) is 3.47. The molecule has 2 amide bonds. The first-order valence-electron chi connectivity index (χ1n) is 10.5. The first-order chi connectivity index (χ1) is 15.3. The van der Waals surface area contributed by atoms with Crippen LogP contribution in [0.25, 0.3) is 0 Å². The highest BCUT2D eigenvalue weighted by atomic mass is 35.5. The minimum Gasteiger partial charge on any atom is -0.480 e. The van der Waals surface area contributed by atoms with Crippen molar-refractivity contribution in [2.45, 2.75) is 35.6 Å². The molecule has 166 valence electrons. The minimum atomic E-state index is -1.18. The number of aromatic nitrogens is 1. The summed E-state index contributed by atoms with van der Waals surface area (Å²) in [5, 5.41) is 11.0. The first-order valence-corrected chi connectivity index (χ1v) is 12.6. The van der Waals surface area contributed by atoms with Crippen molar-refractivity contribution >= 4 is 52.5 Å². The molecule has 3 fully saturated rings. The number of rotatable bonds is 3. The number of amides is 2. The second-order valence-electron chi connectivity index (χ2n) is 9.07. The fourth-order valence-electron chi connectivity index (χ4n) is 6.58. The molecule has 0 radical (unpaired) electrons. The molecular formula is C22H19ClN2O5S2. The van der Waals surface area contributed by atoms with Gasteiger partial charge >= 0.3 is 10.8 Å². The van der Waals surface area contributed by atoms with E-state index in [-0.39, 0.29) is 45.6 Å². The van der Waals surface area contributed by atoms with E-state index in [9.17, 15) is 24.3 Å². The van der Waals surface area contributed by atoms with Gasteiger partial charge in [0.1, 0.15) is 6.04 Å². The molecule has 2 saturated carbocycles. The second kappa shape index (κ2) is 6.95. The molecule has 2 N–H and O–H groups in total. The number of carboxylic acids is 1. The van der Waals surface area contributed by atoms with Crippen molar-refractivity contribution in [3.8, 4) is 0 Å². The van der Waals surface area contributed by atoms with Gasteiger partial charge < -0.3 is 10.1 Å². The van der Waals surface area contributed by atoms with E-state index in [1.807, 2.05) is 24.3 Å². The number of likely N-dealkylation sites (tertiary alicyclic amines) is 1. The maximum Gasteiger partial charge on any atom is 0.326 e. The zero-order valence-corrected chi connectivity index (χ0v) is 19.2. The molecule has 1 aromatic carbocycles. The lowest BCUT2D eigenvalue weighted by molar-refractivity contribution is -0.154. The van der Waals surface area contributed by atoms with Crippen LogP contribution in [-0.4, -0.2) is 44.1 Å². The van der Waals surface area contributed by atoms with Crippen molar-refractivity contribution in [2.75, 3.05) is 0 Å². The van der Waals surface area contributed by atoms with Crippen LogP contribution in [-0.2, 0) is 14.4 Å². The number of thioether (sulfide) groups is 1. The Kier molecular flexibility index (Phi) is 4.45. The molecule has 4 aliphatic rings. The number of nitrogens with one attached hydrogen (secondary N) is 1. The van der Waals surface area contributed by atoms with Gasteiger partial charge in [-0.3, -0.25) is 19.3 Å². The number of nitrogens with zero attached hydrogens (tertiary/aromatic N) is 1. The van der Waals surface area contributed by atoms with Crippen LogP contribution in [0.15, 0.2) is 34.1 Å². The van der Waals surface area contributed by atoms with Crippen molar-refractivity contribution < 1.29 is 19.5 Å². The number of imide groups is 1. The van der Waals surface area contributed by atoms with Crippen molar-refractivity contribution in [1.29, 1.82) is 0 Å². The summed E-state index contributed by atoms with van der Waals surface area (Å²) in [5.41, 5.74) is 1.04. The van der Waals surface area contributed by atoms with Crippen molar-refractivity contribution in [1.82, 2.24) is 9.88 Å². The summed E-state index contributed by atoms with van der Waals surface area (Å²) >= 11 is 8.93. The number of carboxylic acid groups (broad SMARTS) is 1. The quantitative estimate of drug-likeness (QED) is 0.640. The van der Waals surface area contributed by atoms with Crippen LogP contribution >= 0.6 is 34.7 Å². The Bertz CT molecular complexity index is 1220. The number of carbonyl (C=O) groups is 3. The van der Waals surface area contributed by atoms with Crippen LogP contribution in [0.3, 0.4) is 0 Å². The predicted octanol–water partition coefficient (Wildman–Crippen LogP) is 3.04. The zero-order chi connectivity index (χ0) is 22.5. The van der Waals surface area contributed by atoms with E-state index < -0.39 is 23.8 Å². The number of carbonyl (C=O) groups excluding carboxylic acids is 2. The molecule has 2 bridgehead atoms. The maximum atomic E-state index is 13.3. The van der Waals surface area contributed by atoms with Crippen molar-refractivity contribution in [3.63, 3.8) is 0 Å². The number of hydrogen-bond acceptors (Lipinski definition) is 6. The number of H-pyrrole nitrogens is 1. The van der Waals surface area contributed by atoms with E-state index >= 15 is 0 Å². The molecule has 8 atom stereocenters. The minimum absolute atomic E-state index is 0.0196. The SMILES string of the molecule is C[C@H](C(=O)O)N1C(=O)[C@@H]2[C@H]3C[C@@H]([C@@H]2C1=O)[C@@H]1[C@@H](c2ccc(Cl)cc2)c2sc(=O)[nH]c2S[C@@H]31. The highest BCUT2D eigenvalue weighted by Crippen LogP contribution is 2.68. The van der Waals surface area contributed by atoms with E-state index in [0.29, 0.717) is 5.02 Å². The Morgan fingerprint density at radius 2 is 1.81 bits per heavy atom. The van der Waals surface area contributed by atoms with E-state index in [1.54, 1.807) is 11.8 Å². The van der Waals surface area contributed by atoms with Gasteiger partial charge in [0.2, 0.25) is 11.8 Å². The smallest absolute Gasteiger partial charge is 0.326 e. The molecule has 2 aromatic rings. The monoisotopic (exact) mass is 490 g/mol. The predicted molar refractivity (Wildman–Crippen MR) is 119 cm³/mol. The first kappa shape index (κ1) is 20.5. The lowest BCUT2D eigenvalue weighted by atomic mass is 9.68. The Morgan fingerprint density at radius 1 is 1.16 bits per heavy atom. The Labute approximate surface area is 196 Å². The number of aliphatic carboxylic acids is 1. The molecule has 2 aliphatic carbocycles. The molecular weight excluding hydrogens is 472 g/mol. The average molecular weight is 491 g/mol. The number of benzene rings is 1.